The molecular formula is C16H22N2O4. The van der Waals surface area contributed by atoms with Crippen LogP contribution in [0.2, 0.25) is 0 Å². The van der Waals surface area contributed by atoms with Gasteiger partial charge in [-0.2, -0.15) is 0 Å². The number of carbonyl (C=O) groups excluding carboxylic acids is 1. The van der Waals surface area contributed by atoms with E-state index in [1.807, 2.05) is 24.3 Å². The SMILES string of the molecule is C=CCN(Cc1ccc(OC)cc1)C(=O)NCCCC(=O)O. The number of nitrogens with zero attached hydrogens (tertiary/aromatic N) is 1. The lowest BCUT2D eigenvalue weighted by Gasteiger charge is -2.21. The number of benzene rings is 1. The van der Waals surface area contributed by atoms with Crippen LogP contribution in [0.1, 0.15) is 18.4 Å². The van der Waals surface area contributed by atoms with Crippen LogP contribution in [0, 0.1) is 0 Å². The van der Waals surface area contributed by atoms with Gasteiger partial charge in [-0.15, -0.1) is 6.58 Å². The number of methoxy groups -OCH3 is 1. The molecule has 0 spiro atoms. The van der Waals surface area contributed by atoms with Gasteiger partial charge in [0.05, 0.1) is 7.11 Å². The molecule has 6 heteroatoms. The smallest absolute Gasteiger partial charge is 0.317 e. The average molecular weight is 306 g/mol. The summed E-state index contributed by atoms with van der Waals surface area (Å²) < 4.78 is 5.10. The number of carbonyl (C=O) groups is 2. The Balaban J connectivity index is 2.53. The monoisotopic (exact) mass is 306 g/mol. The van der Waals surface area contributed by atoms with E-state index in [0.29, 0.717) is 26.1 Å². The molecule has 0 heterocycles. The lowest BCUT2D eigenvalue weighted by molar-refractivity contribution is -0.137. The highest BCUT2D eigenvalue weighted by Gasteiger charge is 2.12. The average Bonchev–Trinajstić information content (AvgIpc) is 2.51. The highest BCUT2D eigenvalue weighted by molar-refractivity contribution is 5.74. The van der Waals surface area contributed by atoms with Crippen LogP contribution in [0.25, 0.3) is 0 Å². The minimum absolute atomic E-state index is 0.0419. The Morgan fingerprint density at radius 2 is 2.05 bits per heavy atom. The van der Waals surface area contributed by atoms with Crippen molar-refractivity contribution in [3.8, 4) is 5.75 Å². The quantitative estimate of drug-likeness (QED) is 0.542. The molecule has 0 bridgehead atoms. The number of urea groups is 1. The lowest BCUT2D eigenvalue weighted by atomic mass is 10.2. The Kier molecular flexibility index (Phi) is 7.53. The van der Waals surface area contributed by atoms with Gasteiger partial charge < -0.3 is 20.1 Å². The summed E-state index contributed by atoms with van der Waals surface area (Å²) in [5.74, 6) is -0.104. The molecule has 0 aliphatic heterocycles. The molecule has 0 saturated heterocycles. The van der Waals surface area contributed by atoms with Gasteiger partial charge in [-0.1, -0.05) is 18.2 Å². The van der Waals surface area contributed by atoms with Gasteiger partial charge in [0.15, 0.2) is 0 Å². The van der Waals surface area contributed by atoms with Gasteiger partial charge in [0, 0.05) is 26.1 Å². The fourth-order valence-electron chi connectivity index (χ4n) is 1.87. The highest BCUT2D eigenvalue weighted by atomic mass is 16.5. The van der Waals surface area contributed by atoms with Crippen LogP contribution in [0.4, 0.5) is 4.79 Å². The number of hydrogen-bond donors (Lipinski definition) is 2. The summed E-state index contributed by atoms with van der Waals surface area (Å²) in [5.41, 5.74) is 0.975. The molecular weight excluding hydrogens is 284 g/mol. The topological polar surface area (TPSA) is 78.9 Å². The van der Waals surface area contributed by atoms with E-state index in [-0.39, 0.29) is 12.5 Å². The van der Waals surface area contributed by atoms with Crippen molar-refractivity contribution in [1.82, 2.24) is 10.2 Å². The van der Waals surface area contributed by atoms with Crippen molar-refractivity contribution in [2.24, 2.45) is 0 Å². The Morgan fingerprint density at radius 3 is 2.59 bits per heavy atom. The number of carboxylic acid groups (broad SMARTS) is 1. The molecule has 0 radical (unpaired) electrons. The van der Waals surface area contributed by atoms with Gasteiger partial charge in [-0.3, -0.25) is 4.79 Å². The molecule has 0 aliphatic rings. The number of rotatable bonds is 9. The number of nitrogens with one attached hydrogen (secondary N) is 1. The fourth-order valence-corrected chi connectivity index (χ4v) is 1.87. The van der Waals surface area contributed by atoms with Crippen molar-refractivity contribution in [1.29, 1.82) is 0 Å². The zero-order valence-electron chi connectivity index (χ0n) is 12.7. The predicted octanol–water partition coefficient (Wildman–Crippen LogP) is 2.26. The van der Waals surface area contributed by atoms with Crippen LogP contribution < -0.4 is 10.1 Å². The number of ether oxygens (including phenoxy) is 1. The molecule has 0 fully saturated rings. The van der Waals surface area contributed by atoms with Gasteiger partial charge in [-0.05, 0) is 24.1 Å². The number of aliphatic carboxylic acids is 1. The molecule has 0 aliphatic carbocycles. The molecule has 2 N–H and O–H groups in total. The predicted molar refractivity (Wildman–Crippen MR) is 83.9 cm³/mol. The van der Waals surface area contributed by atoms with E-state index >= 15 is 0 Å². The van der Waals surface area contributed by atoms with Crippen LogP contribution in [0.5, 0.6) is 5.75 Å². The van der Waals surface area contributed by atoms with Crippen molar-refractivity contribution in [3.63, 3.8) is 0 Å². The van der Waals surface area contributed by atoms with Gasteiger partial charge in [0.1, 0.15) is 5.75 Å². The van der Waals surface area contributed by atoms with E-state index in [2.05, 4.69) is 11.9 Å². The van der Waals surface area contributed by atoms with E-state index in [1.54, 1.807) is 18.1 Å². The van der Waals surface area contributed by atoms with Gasteiger partial charge >= 0.3 is 12.0 Å². The first-order valence-electron chi connectivity index (χ1n) is 7.05. The molecule has 0 saturated carbocycles. The summed E-state index contributed by atoms with van der Waals surface area (Å²) >= 11 is 0. The summed E-state index contributed by atoms with van der Waals surface area (Å²) in [5, 5.41) is 11.3. The molecule has 0 atom stereocenters. The van der Waals surface area contributed by atoms with Crippen molar-refractivity contribution in [2.45, 2.75) is 19.4 Å². The highest BCUT2D eigenvalue weighted by Crippen LogP contribution is 2.13. The molecule has 22 heavy (non-hydrogen) atoms. The maximum Gasteiger partial charge on any atom is 0.317 e. The summed E-state index contributed by atoms with van der Waals surface area (Å²) in [6.07, 6.45) is 2.10. The van der Waals surface area contributed by atoms with Gasteiger partial charge in [0.2, 0.25) is 0 Å². The zero-order chi connectivity index (χ0) is 16.4. The fraction of sp³-hybridized carbons (Fsp3) is 0.375. The zero-order valence-corrected chi connectivity index (χ0v) is 12.7. The first-order chi connectivity index (χ1) is 10.6. The molecule has 120 valence electrons. The first-order valence-corrected chi connectivity index (χ1v) is 7.05. The number of amides is 2. The third kappa shape index (κ3) is 6.30. The molecule has 2 amide bonds. The summed E-state index contributed by atoms with van der Waals surface area (Å²) in [7, 11) is 1.60. The second kappa shape index (κ2) is 9.44. The van der Waals surface area contributed by atoms with Crippen molar-refractivity contribution < 1.29 is 19.4 Å². The van der Waals surface area contributed by atoms with E-state index in [4.69, 9.17) is 9.84 Å². The maximum atomic E-state index is 12.1. The second-order valence-electron chi connectivity index (χ2n) is 4.75. The Labute approximate surface area is 130 Å². The lowest BCUT2D eigenvalue weighted by Crippen LogP contribution is -2.40. The Hall–Kier alpha value is -2.50. The van der Waals surface area contributed by atoms with E-state index in [1.165, 1.54) is 0 Å². The minimum Gasteiger partial charge on any atom is -0.497 e. The first kappa shape index (κ1) is 17.6. The molecule has 1 aromatic carbocycles. The molecule has 1 aromatic rings. The summed E-state index contributed by atoms with van der Waals surface area (Å²) in [6.45, 7) is 4.85. The molecule has 0 aromatic heterocycles. The van der Waals surface area contributed by atoms with Crippen LogP contribution in [-0.2, 0) is 11.3 Å². The van der Waals surface area contributed by atoms with Crippen LogP contribution >= 0.6 is 0 Å². The van der Waals surface area contributed by atoms with E-state index < -0.39 is 5.97 Å². The Morgan fingerprint density at radius 1 is 1.36 bits per heavy atom. The molecule has 6 nitrogen and oxygen atoms in total. The normalized spacial score (nSPS) is 9.86. The second-order valence-corrected chi connectivity index (χ2v) is 4.75. The number of hydrogen-bond acceptors (Lipinski definition) is 3. The standard InChI is InChI=1S/C16H22N2O4/c1-3-11-18(16(21)17-10-4-5-15(19)20)12-13-6-8-14(22-2)9-7-13/h3,6-9H,1,4-5,10-12H2,2H3,(H,17,21)(H,19,20). The Bertz CT molecular complexity index is 499. The van der Waals surface area contributed by atoms with Crippen LogP contribution in [0.15, 0.2) is 36.9 Å². The van der Waals surface area contributed by atoms with Crippen molar-refractivity contribution >= 4 is 12.0 Å². The van der Waals surface area contributed by atoms with Crippen LogP contribution in [0.3, 0.4) is 0 Å². The number of carboxylic acids is 1. The largest absolute Gasteiger partial charge is 0.497 e. The van der Waals surface area contributed by atoms with E-state index in [9.17, 15) is 9.59 Å². The third-order valence-electron chi connectivity index (χ3n) is 3.01. The minimum atomic E-state index is -0.865. The summed E-state index contributed by atoms with van der Waals surface area (Å²) in [4.78, 5) is 24.1. The molecule has 1 rings (SSSR count). The summed E-state index contributed by atoms with van der Waals surface area (Å²) in [6, 6.07) is 7.23. The van der Waals surface area contributed by atoms with Crippen molar-refractivity contribution in [2.75, 3.05) is 20.2 Å². The molecule has 0 unspecified atom stereocenters. The van der Waals surface area contributed by atoms with Crippen molar-refractivity contribution in [3.05, 3.63) is 42.5 Å². The van der Waals surface area contributed by atoms with Gasteiger partial charge in [-0.25, -0.2) is 4.79 Å². The third-order valence-corrected chi connectivity index (χ3v) is 3.01. The van der Waals surface area contributed by atoms with Gasteiger partial charge in [0.25, 0.3) is 0 Å². The van der Waals surface area contributed by atoms with E-state index in [0.717, 1.165) is 11.3 Å². The van der Waals surface area contributed by atoms with Crippen LogP contribution in [-0.4, -0.2) is 42.2 Å². The maximum absolute atomic E-state index is 12.1.